The first kappa shape index (κ1) is 17.9. The molecule has 5 nitrogen and oxygen atoms in total. The number of nitrogens with zero attached hydrogens (tertiary/aromatic N) is 2. The van der Waals surface area contributed by atoms with E-state index in [4.69, 9.17) is 20.8 Å². The van der Waals surface area contributed by atoms with E-state index >= 15 is 0 Å². The van der Waals surface area contributed by atoms with Crippen LogP contribution in [0.2, 0.25) is 5.02 Å². The van der Waals surface area contributed by atoms with Gasteiger partial charge in [0.1, 0.15) is 17.9 Å². The third-order valence-corrected chi connectivity index (χ3v) is 4.29. The van der Waals surface area contributed by atoms with Crippen LogP contribution in [0.5, 0.6) is 5.75 Å². The summed E-state index contributed by atoms with van der Waals surface area (Å²) in [6, 6.07) is 19.5. The molecule has 0 aliphatic rings. The maximum Gasteiger partial charge on any atom is 0.336 e. The Kier molecular flexibility index (Phi) is 5.17. The topological polar surface area (TPSA) is 64.7 Å². The second kappa shape index (κ2) is 8.06. The van der Waals surface area contributed by atoms with E-state index < -0.39 is 5.63 Å². The average molecular weight is 391 g/mol. The molecular weight excluding hydrogens is 376 g/mol. The molecule has 4 rings (SSSR count). The fraction of sp³-hybridized carbons (Fsp3) is 0.0455. The van der Waals surface area contributed by atoms with Gasteiger partial charge in [0.25, 0.3) is 0 Å². The Morgan fingerprint density at radius 3 is 2.71 bits per heavy atom. The predicted molar refractivity (Wildman–Crippen MR) is 110 cm³/mol. The van der Waals surface area contributed by atoms with E-state index in [9.17, 15) is 4.79 Å². The van der Waals surface area contributed by atoms with Crippen LogP contribution in [0.25, 0.3) is 11.0 Å². The van der Waals surface area contributed by atoms with E-state index in [1.165, 1.54) is 6.07 Å². The molecule has 0 saturated heterocycles. The summed E-state index contributed by atoms with van der Waals surface area (Å²) in [6.07, 6.45) is 3.42. The Morgan fingerprint density at radius 2 is 1.93 bits per heavy atom. The molecule has 6 heteroatoms. The first-order chi connectivity index (χ1) is 13.7. The van der Waals surface area contributed by atoms with E-state index in [0.717, 1.165) is 16.8 Å². The molecule has 0 saturated carbocycles. The summed E-state index contributed by atoms with van der Waals surface area (Å²) in [7, 11) is 0. The highest BCUT2D eigenvalue weighted by atomic mass is 35.5. The Bertz CT molecular complexity index is 1190. The maximum atomic E-state index is 11.8. The molecule has 2 heterocycles. The molecule has 0 aliphatic heterocycles. The molecule has 0 amide bonds. The zero-order valence-corrected chi connectivity index (χ0v) is 15.5. The van der Waals surface area contributed by atoms with Crippen LogP contribution in [0.15, 0.2) is 87.1 Å². The van der Waals surface area contributed by atoms with Crippen molar-refractivity contribution in [3.05, 3.63) is 99.6 Å². The Labute approximate surface area is 165 Å². The molecule has 0 N–H and O–H groups in total. The first-order valence-electron chi connectivity index (χ1n) is 8.58. The Morgan fingerprint density at radius 1 is 1.07 bits per heavy atom. The van der Waals surface area contributed by atoms with Crippen molar-refractivity contribution < 1.29 is 9.15 Å². The SMILES string of the molecule is O=c1cc(COc2ccc(N=Cc3ccccn3)cc2)c2cc(Cl)ccc2o1. The van der Waals surface area contributed by atoms with E-state index in [2.05, 4.69) is 9.98 Å². The van der Waals surface area contributed by atoms with Crippen LogP contribution in [-0.2, 0) is 6.61 Å². The lowest BCUT2D eigenvalue weighted by Gasteiger charge is -2.08. The van der Waals surface area contributed by atoms with Crippen LogP contribution < -0.4 is 10.4 Å². The van der Waals surface area contributed by atoms with E-state index in [0.29, 0.717) is 21.9 Å². The van der Waals surface area contributed by atoms with Crippen molar-refractivity contribution in [2.75, 3.05) is 0 Å². The molecule has 0 bridgehead atoms. The predicted octanol–water partition coefficient (Wildman–Crippen LogP) is 5.17. The number of halogens is 1. The lowest BCUT2D eigenvalue weighted by molar-refractivity contribution is 0.306. The van der Waals surface area contributed by atoms with Gasteiger partial charge in [-0.15, -0.1) is 0 Å². The second-order valence-electron chi connectivity index (χ2n) is 6.03. The number of aromatic nitrogens is 1. The normalized spacial score (nSPS) is 11.2. The third-order valence-electron chi connectivity index (χ3n) is 4.05. The summed E-state index contributed by atoms with van der Waals surface area (Å²) in [6.45, 7) is 0.221. The fourth-order valence-corrected chi connectivity index (χ4v) is 2.87. The monoisotopic (exact) mass is 390 g/mol. The van der Waals surface area contributed by atoms with Gasteiger partial charge in [0, 0.05) is 28.2 Å². The average Bonchev–Trinajstić information content (AvgIpc) is 2.72. The number of pyridine rings is 1. The van der Waals surface area contributed by atoms with Crippen molar-refractivity contribution in [3.63, 3.8) is 0 Å². The van der Waals surface area contributed by atoms with Gasteiger partial charge in [0.05, 0.1) is 17.6 Å². The number of ether oxygens (including phenoxy) is 1. The Balaban J connectivity index is 1.48. The molecule has 4 aromatic rings. The molecular formula is C22H15ClN2O3. The number of aliphatic imine (C=N–C) groups is 1. The minimum atomic E-state index is -0.423. The van der Waals surface area contributed by atoms with Crippen LogP contribution >= 0.6 is 11.6 Å². The molecule has 0 fully saturated rings. The van der Waals surface area contributed by atoms with Gasteiger partial charge >= 0.3 is 5.63 Å². The van der Waals surface area contributed by atoms with Crippen molar-refractivity contribution in [2.45, 2.75) is 6.61 Å². The van der Waals surface area contributed by atoms with Crippen molar-refractivity contribution in [1.29, 1.82) is 0 Å². The van der Waals surface area contributed by atoms with Gasteiger partial charge in [-0.05, 0) is 54.6 Å². The van der Waals surface area contributed by atoms with Crippen LogP contribution in [0.1, 0.15) is 11.3 Å². The highest BCUT2D eigenvalue weighted by Gasteiger charge is 2.07. The molecule has 0 radical (unpaired) electrons. The van der Waals surface area contributed by atoms with E-state index in [-0.39, 0.29) is 6.61 Å². The summed E-state index contributed by atoms with van der Waals surface area (Å²) >= 11 is 6.06. The van der Waals surface area contributed by atoms with Gasteiger partial charge < -0.3 is 9.15 Å². The van der Waals surface area contributed by atoms with Crippen molar-refractivity contribution in [1.82, 2.24) is 4.98 Å². The fourth-order valence-electron chi connectivity index (χ4n) is 2.70. The molecule has 0 aliphatic carbocycles. The minimum absolute atomic E-state index is 0.221. The smallest absolute Gasteiger partial charge is 0.336 e. The summed E-state index contributed by atoms with van der Waals surface area (Å²) in [5.74, 6) is 0.667. The number of hydrogen-bond donors (Lipinski definition) is 0. The number of fused-ring (bicyclic) bond motifs is 1. The lowest BCUT2D eigenvalue weighted by Crippen LogP contribution is -2.04. The summed E-state index contributed by atoms with van der Waals surface area (Å²) in [5.41, 5.74) is 2.35. The Hall–Kier alpha value is -3.44. The third kappa shape index (κ3) is 4.27. The van der Waals surface area contributed by atoms with Gasteiger partial charge in [0.2, 0.25) is 0 Å². The highest BCUT2D eigenvalue weighted by Crippen LogP contribution is 2.24. The van der Waals surface area contributed by atoms with Crippen molar-refractivity contribution in [3.8, 4) is 5.75 Å². The van der Waals surface area contributed by atoms with Crippen molar-refractivity contribution in [2.24, 2.45) is 4.99 Å². The number of hydrogen-bond acceptors (Lipinski definition) is 5. The summed E-state index contributed by atoms with van der Waals surface area (Å²) in [5, 5.41) is 1.32. The lowest BCUT2D eigenvalue weighted by atomic mass is 10.1. The van der Waals surface area contributed by atoms with E-state index in [1.54, 1.807) is 30.6 Å². The standard InChI is InChI=1S/C22H15ClN2O3/c23-16-4-9-21-20(12-16)15(11-22(26)28-21)14-27-19-7-5-17(6-8-19)25-13-18-3-1-2-10-24-18/h1-13H,14H2. The molecule has 0 unspecified atom stereocenters. The van der Waals surface area contributed by atoms with Crippen molar-refractivity contribution >= 4 is 34.5 Å². The number of benzene rings is 2. The van der Waals surface area contributed by atoms with E-state index in [1.807, 2.05) is 42.5 Å². The van der Waals surface area contributed by atoms with Crippen LogP contribution in [-0.4, -0.2) is 11.2 Å². The largest absolute Gasteiger partial charge is 0.489 e. The second-order valence-corrected chi connectivity index (χ2v) is 6.46. The maximum absolute atomic E-state index is 11.8. The highest BCUT2D eigenvalue weighted by molar-refractivity contribution is 6.31. The first-order valence-corrected chi connectivity index (χ1v) is 8.95. The van der Waals surface area contributed by atoms with Gasteiger partial charge in [-0.1, -0.05) is 17.7 Å². The molecule has 0 atom stereocenters. The van der Waals surface area contributed by atoms with Gasteiger partial charge in [-0.3, -0.25) is 9.98 Å². The molecule has 2 aromatic heterocycles. The van der Waals surface area contributed by atoms with Crippen LogP contribution in [0.3, 0.4) is 0 Å². The zero-order valence-electron chi connectivity index (χ0n) is 14.7. The summed E-state index contributed by atoms with van der Waals surface area (Å²) in [4.78, 5) is 20.3. The molecule has 28 heavy (non-hydrogen) atoms. The molecule has 0 spiro atoms. The minimum Gasteiger partial charge on any atom is -0.489 e. The van der Waals surface area contributed by atoms with Gasteiger partial charge in [0.15, 0.2) is 0 Å². The van der Waals surface area contributed by atoms with Gasteiger partial charge in [-0.25, -0.2) is 4.79 Å². The summed E-state index contributed by atoms with van der Waals surface area (Å²) < 4.78 is 11.0. The van der Waals surface area contributed by atoms with Gasteiger partial charge in [-0.2, -0.15) is 0 Å². The molecule has 138 valence electrons. The van der Waals surface area contributed by atoms with Crippen LogP contribution in [0.4, 0.5) is 5.69 Å². The van der Waals surface area contributed by atoms with Crippen LogP contribution in [0, 0.1) is 0 Å². The molecule has 2 aromatic carbocycles. The number of rotatable bonds is 5. The quantitative estimate of drug-likeness (QED) is 0.348. The zero-order chi connectivity index (χ0) is 19.3.